The highest BCUT2D eigenvalue weighted by Crippen LogP contribution is 2.31. The number of hydrogen-bond donors (Lipinski definition) is 0. The molecule has 3 aromatic carbocycles. The first-order chi connectivity index (χ1) is 13.8. The normalized spacial score (nSPS) is 15.6. The van der Waals surface area contributed by atoms with Crippen LogP contribution in [0.15, 0.2) is 60.7 Å². The summed E-state index contributed by atoms with van der Waals surface area (Å²) >= 11 is 0. The van der Waals surface area contributed by atoms with Crippen LogP contribution in [-0.4, -0.2) is 50.2 Å². The van der Waals surface area contributed by atoms with Gasteiger partial charge < -0.3 is 9.47 Å². The lowest BCUT2D eigenvalue weighted by Gasteiger charge is -2.35. The average molecular weight is 377 g/mol. The second-order valence-corrected chi connectivity index (χ2v) is 7.34. The SMILES string of the molecule is COc1cccc(CN2CCN(Cc3cccc4ccccc34)CC2)c1OC. The van der Waals surface area contributed by atoms with Gasteiger partial charge in [-0.3, -0.25) is 9.80 Å². The van der Waals surface area contributed by atoms with Gasteiger partial charge in [0.2, 0.25) is 0 Å². The van der Waals surface area contributed by atoms with Crippen molar-refractivity contribution in [2.24, 2.45) is 0 Å². The molecule has 3 aromatic rings. The Morgan fingerprint density at radius 1 is 0.679 bits per heavy atom. The molecule has 0 amide bonds. The lowest BCUT2D eigenvalue weighted by molar-refractivity contribution is 0.121. The van der Waals surface area contributed by atoms with Gasteiger partial charge in [0.15, 0.2) is 11.5 Å². The van der Waals surface area contributed by atoms with Crippen molar-refractivity contribution in [1.29, 1.82) is 0 Å². The van der Waals surface area contributed by atoms with Crippen LogP contribution in [0.4, 0.5) is 0 Å². The van der Waals surface area contributed by atoms with E-state index < -0.39 is 0 Å². The fourth-order valence-corrected chi connectivity index (χ4v) is 4.10. The Bertz CT molecular complexity index is 928. The minimum absolute atomic E-state index is 0.801. The number of piperazine rings is 1. The van der Waals surface area contributed by atoms with E-state index in [1.165, 1.54) is 21.9 Å². The van der Waals surface area contributed by atoms with Crippen LogP contribution in [0.25, 0.3) is 10.8 Å². The molecule has 0 N–H and O–H groups in total. The lowest BCUT2D eigenvalue weighted by atomic mass is 10.0. The van der Waals surface area contributed by atoms with Gasteiger partial charge in [0.05, 0.1) is 14.2 Å². The van der Waals surface area contributed by atoms with E-state index in [-0.39, 0.29) is 0 Å². The Hall–Kier alpha value is -2.56. The molecular formula is C24H28N2O2. The molecule has 0 aliphatic carbocycles. The molecule has 0 atom stereocenters. The average Bonchev–Trinajstić information content (AvgIpc) is 2.75. The summed E-state index contributed by atoms with van der Waals surface area (Å²) < 4.78 is 11.0. The predicted molar refractivity (Wildman–Crippen MR) is 114 cm³/mol. The van der Waals surface area contributed by atoms with E-state index in [0.717, 1.165) is 50.8 Å². The molecule has 1 aliphatic heterocycles. The third-order valence-corrected chi connectivity index (χ3v) is 5.62. The van der Waals surface area contributed by atoms with Crippen LogP contribution >= 0.6 is 0 Å². The molecular weight excluding hydrogens is 348 g/mol. The van der Waals surface area contributed by atoms with Gasteiger partial charge in [-0.2, -0.15) is 0 Å². The highest BCUT2D eigenvalue weighted by Gasteiger charge is 2.20. The summed E-state index contributed by atoms with van der Waals surface area (Å²) in [6, 6.07) is 21.4. The first-order valence-corrected chi connectivity index (χ1v) is 9.89. The van der Waals surface area contributed by atoms with Crippen LogP contribution in [0, 0.1) is 0 Å². The highest BCUT2D eigenvalue weighted by atomic mass is 16.5. The third kappa shape index (κ3) is 3.98. The van der Waals surface area contributed by atoms with Crippen molar-refractivity contribution in [2.75, 3.05) is 40.4 Å². The Labute approximate surface area is 167 Å². The zero-order valence-electron chi connectivity index (χ0n) is 16.7. The van der Waals surface area contributed by atoms with E-state index in [9.17, 15) is 0 Å². The van der Waals surface area contributed by atoms with Gasteiger partial charge in [-0.25, -0.2) is 0 Å². The van der Waals surface area contributed by atoms with Gasteiger partial charge >= 0.3 is 0 Å². The summed E-state index contributed by atoms with van der Waals surface area (Å²) in [5, 5.41) is 2.69. The van der Waals surface area contributed by atoms with Gasteiger partial charge in [-0.15, -0.1) is 0 Å². The minimum Gasteiger partial charge on any atom is -0.493 e. The van der Waals surface area contributed by atoms with E-state index in [1.54, 1.807) is 14.2 Å². The maximum absolute atomic E-state index is 5.59. The second-order valence-electron chi connectivity index (χ2n) is 7.34. The number of methoxy groups -OCH3 is 2. The molecule has 0 saturated carbocycles. The third-order valence-electron chi connectivity index (χ3n) is 5.62. The molecule has 1 fully saturated rings. The molecule has 0 unspecified atom stereocenters. The van der Waals surface area contributed by atoms with Crippen LogP contribution in [0.5, 0.6) is 11.5 Å². The number of nitrogens with zero attached hydrogens (tertiary/aromatic N) is 2. The first-order valence-electron chi connectivity index (χ1n) is 9.89. The Balaban J connectivity index is 1.39. The van der Waals surface area contributed by atoms with Crippen molar-refractivity contribution >= 4 is 10.8 Å². The first kappa shape index (κ1) is 18.8. The molecule has 1 saturated heterocycles. The van der Waals surface area contributed by atoms with Crippen LogP contribution in [0.2, 0.25) is 0 Å². The molecule has 0 radical (unpaired) electrons. The van der Waals surface area contributed by atoms with Crippen molar-refractivity contribution < 1.29 is 9.47 Å². The standard InChI is InChI=1S/C24H28N2O2/c1-27-23-12-6-10-21(24(23)28-2)18-26-15-13-25(14-16-26)17-20-9-5-8-19-7-3-4-11-22(19)20/h3-12H,13-18H2,1-2H3. The molecule has 0 aromatic heterocycles. The molecule has 0 spiro atoms. The maximum atomic E-state index is 5.59. The quantitative estimate of drug-likeness (QED) is 0.644. The summed E-state index contributed by atoms with van der Waals surface area (Å²) in [7, 11) is 3.40. The molecule has 4 nitrogen and oxygen atoms in total. The number of ether oxygens (including phenoxy) is 2. The van der Waals surface area contributed by atoms with Crippen molar-refractivity contribution in [3.8, 4) is 11.5 Å². The fourth-order valence-electron chi connectivity index (χ4n) is 4.10. The number of hydrogen-bond acceptors (Lipinski definition) is 4. The molecule has 28 heavy (non-hydrogen) atoms. The molecule has 4 heteroatoms. The molecule has 1 heterocycles. The predicted octanol–water partition coefficient (Wildman–Crippen LogP) is 4.17. The van der Waals surface area contributed by atoms with Gasteiger partial charge in [0, 0.05) is 44.8 Å². The molecule has 146 valence electrons. The van der Waals surface area contributed by atoms with Crippen molar-refractivity contribution in [3.63, 3.8) is 0 Å². The van der Waals surface area contributed by atoms with E-state index in [0.29, 0.717) is 0 Å². The Morgan fingerprint density at radius 2 is 1.29 bits per heavy atom. The van der Waals surface area contributed by atoms with Crippen LogP contribution in [-0.2, 0) is 13.1 Å². The topological polar surface area (TPSA) is 24.9 Å². The van der Waals surface area contributed by atoms with Gasteiger partial charge in [0.25, 0.3) is 0 Å². The highest BCUT2D eigenvalue weighted by molar-refractivity contribution is 5.85. The summed E-state index contributed by atoms with van der Waals surface area (Å²) in [6.07, 6.45) is 0. The van der Waals surface area contributed by atoms with Crippen molar-refractivity contribution in [2.45, 2.75) is 13.1 Å². The summed E-state index contributed by atoms with van der Waals surface area (Å²) in [5.74, 6) is 1.65. The molecule has 0 bridgehead atoms. The summed E-state index contributed by atoms with van der Waals surface area (Å²) in [5.41, 5.74) is 2.60. The molecule has 4 rings (SSSR count). The van der Waals surface area contributed by atoms with E-state index in [4.69, 9.17) is 9.47 Å². The Morgan fingerprint density at radius 3 is 2.00 bits per heavy atom. The van der Waals surface area contributed by atoms with Crippen molar-refractivity contribution in [1.82, 2.24) is 9.80 Å². The maximum Gasteiger partial charge on any atom is 0.165 e. The number of rotatable bonds is 6. The van der Waals surface area contributed by atoms with E-state index in [1.807, 2.05) is 12.1 Å². The number of fused-ring (bicyclic) bond motifs is 1. The zero-order chi connectivity index (χ0) is 19.3. The van der Waals surface area contributed by atoms with Crippen LogP contribution in [0.1, 0.15) is 11.1 Å². The van der Waals surface area contributed by atoms with Gasteiger partial charge in [-0.1, -0.05) is 54.6 Å². The lowest BCUT2D eigenvalue weighted by Crippen LogP contribution is -2.45. The number of benzene rings is 3. The number of para-hydroxylation sites is 1. The van der Waals surface area contributed by atoms with Crippen LogP contribution < -0.4 is 9.47 Å². The van der Waals surface area contributed by atoms with E-state index in [2.05, 4.69) is 58.3 Å². The monoisotopic (exact) mass is 376 g/mol. The second kappa shape index (κ2) is 8.63. The summed E-state index contributed by atoms with van der Waals surface area (Å²) in [4.78, 5) is 5.05. The van der Waals surface area contributed by atoms with Crippen LogP contribution in [0.3, 0.4) is 0 Å². The zero-order valence-corrected chi connectivity index (χ0v) is 16.7. The summed E-state index contributed by atoms with van der Waals surface area (Å²) in [6.45, 7) is 6.18. The fraction of sp³-hybridized carbons (Fsp3) is 0.333. The molecule has 1 aliphatic rings. The van der Waals surface area contributed by atoms with Crippen molar-refractivity contribution in [3.05, 3.63) is 71.8 Å². The van der Waals surface area contributed by atoms with Gasteiger partial charge in [0.1, 0.15) is 0 Å². The Kier molecular flexibility index (Phi) is 5.79. The van der Waals surface area contributed by atoms with Gasteiger partial charge in [-0.05, 0) is 22.4 Å². The van der Waals surface area contributed by atoms with E-state index >= 15 is 0 Å². The largest absolute Gasteiger partial charge is 0.493 e. The smallest absolute Gasteiger partial charge is 0.165 e. The minimum atomic E-state index is 0.801.